The van der Waals surface area contributed by atoms with Gasteiger partial charge < -0.3 is 25.0 Å². The Morgan fingerprint density at radius 3 is 2.85 bits per heavy atom. The number of nitrogens with zero attached hydrogens (tertiary/aromatic N) is 4. The van der Waals surface area contributed by atoms with Crippen molar-refractivity contribution in [1.82, 2.24) is 14.9 Å². The number of carbonyl (C=O) groups excluding carboxylic acids is 1. The number of phenolic OH excluding ortho intramolecular Hbond substituents is 1. The van der Waals surface area contributed by atoms with Crippen molar-refractivity contribution < 1.29 is 14.6 Å². The first kappa shape index (κ1) is 18.9. The first-order chi connectivity index (χ1) is 13.0. The van der Waals surface area contributed by atoms with Gasteiger partial charge in [0.05, 0.1) is 0 Å². The van der Waals surface area contributed by atoms with Crippen LogP contribution >= 0.6 is 0 Å². The summed E-state index contributed by atoms with van der Waals surface area (Å²) >= 11 is 0. The Kier molecular flexibility index (Phi) is 6.08. The fourth-order valence-corrected chi connectivity index (χ4v) is 3.09. The van der Waals surface area contributed by atoms with Crippen molar-refractivity contribution in [2.24, 2.45) is 0 Å². The lowest BCUT2D eigenvalue weighted by molar-refractivity contribution is -0.134. The lowest BCUT2D eigenvalue weighted by Gasteiger charge is -2.23. The second-order valence-electron chi connectivity index (χ2n) is 6.52. The summed E-state index contributed by atoms with van der Waals surface area (Å²) in [5, 5.41) is 12.7. The monoisotopic (exact) mass is 371 g/mol. The molecular weight excluding hydrogens is 346 g/mol. The lowest BCUT2D eigenvalue weighted by atomic mass is 10.3. The number of aromatic hydroxyl groups is 1. The Balaban J connectivity index is 1.73. The number of aromatic nitrogens is 2. The normalized spacial score (nSPS) is 14.7. The lowest BCUT2D eigenvalue weighted by Crippen LogP contribution is -2.37. The number of aryl methyl sites for hydroxylation is 1. The molecule has 1 amide bonds. The van der Waals surface area contributed by atoms with Crippen molar-refractivity contribution in [3.8, 4) is 5.75 Å². The van der Waals surface area contributed by atoms with E-state index in [1.807, 2.05) is 24.0 Å². The quantitative estimate of drug-likeness (QED) is 0.830. The van der Waals surface area contributed by atoms with Crippen molar-refractivity contribution in [2.45, 2.75) is 13.3 Å². The third-order valence-corrected chi connectivity index (χ3v) is 4.38. The van der Waals surface area contributed by atoms with E-state index in [1.165, 1.54) is 7.11 Å². The van der Waals surface area contributed by atoms with Crippen molar-refractivity contribution in [3.63, 3.8) is 0 Å². The Bertz CT molecular complexity index is 799. The number of rotatable bonds is 5. The molecule has 1 aromatic heterocycles. The molecule has 0 saturated carbocycles. The molecule has 0 unspecified atom stereocenters. The van der Waals surface area contributed by atoms with Crippen molar-refractivity contribution in [2.75, 3.05) is 50.1 Å². The summed E-state index contributed by atoms with van der Waals surface area (Å²) < 4.78 is 4.95. The Labute approximate surface area is 158 Å². The number of phenols is 1. The van der Waals surface area contributed by atoms with Gasteiger partial charge in [-0.25, -0.2) is 4.98 Å². The van der Waals surface area contributed by atoms with Crippen molar-refractivity contribution in [3.05, 3.63) is 36.0 Å². The molecular formula is C19H25N5O3. The van der Waals surface area contributed by atoms with Crippen LogP contribution in [0.15, 0.2) is 30.3 Å². The molecule has 2 heterocycles. The largest absolute Gasteiger partial charge is 0.508 e. The standard InChI is InChI=1S/C19H25N5O3/c1-14-11-17(22-19(20-14)21-15-5-3-6-16(25)12-15)23-7-4-8-24(10-9-23)18(26)13-27-2/h3,5-6,11-12,25H,4,7-10,13H2,1-2H3,(H,20,21,22). The van der Waals surface area contributed by atoms with E-state index in [0.717, 1.165) is 36.7 Å². The second kappa shape index (κ2) is 8.68. The Hall–Kier alpha value is -2.87. The van der Waals surface area contributed by atoms with Gasteiger partial charge in [-0.05, 0) is 25.5 Å². The predicted molar refractivity (Wildman–Crippen MR) is 103 cm³/mol. The minimum absolute atomic E-state index is 0.0180. The van der Waals surface area contributed by atoms with Gasteiger partial charge in [0.1, 0.15) is 18.2 Å². The number of amides is 1. The smallest absolute Gasteiger partial charge is 0.248 e. The third kappa shape index (κ3) is 5.07. The topological polar surface area (TPSA) is 90.8 Å². The minimum atomic E-state index is 0.0180. The number of anilines is 3. The third-order valence-electron chi connectivity index (χ3n) is 4.38. The van der Waals surface area contributed by atoms with Gasteiger partial charge in [0.2, 0.25) is 11.9 Å². The van der Waals surface area contributed by atoms with E-state index in [4.69, 9.17) is 4.74 Å². The highest BCUT2D eigenvalue weighted by Gasteiger charge is 2.20. The van der Waals surface area contributed by atoms with Crippen LogP contribution in [0.2, 0.25) is 0 Å². The predicted octanol–water partition coefficient (Wildman–Crippen LogP) is 1.92. The van der Waals surface area contributed by atoms with E-state index in [1.54, 1.807) is 18.2 Å². The maximum Gasteiger partial charge on any atom is 0.248 e. The van der Waals surface area contributed by atoms with Gasteiger partial charge in [0.15, 0.2) is 0 Å². The number of methoxy groups -OCH3 is 1. The number of ether oxygens (including phenoxy) is 1. The molecule has 8 heteroatoms. The molecule has 3 rings (SSSR count). The average Bonchev–Trinajstić information content (AvgIpc) is 2.88. The van der Waals surface area contributed by atoms with E-state index in [-0.39, 0.29) is 18.3 Å². The highest BCUT2D eigenvalue weighted by Crippen LogP contribution is 2.22. The van der Waals surface area contributed by atoms with Crippen LogP contribution < -0.4 is 10.2 Å². The molecule has 1 aliphatic heterocycles. The van der Waals surface area contributed by atoms with Gasteiger partial charge in [0.25, 0.3) is 0 Å². The molecule has 2 N–H and O–H groups in total. The maximum atomic E-state index is 12.1. The molecule has 0 bridgehead atoms. The van der Waals surface area contributed by atoms with Crippen LogP contribution in [0.5, 0.6) is 5.75 Å². The summed E-state index contributed by atoms with van der Waals surface area (Å²) in [7, 11) is 1.53. The fraction of sp³-hybridized carbons (Fsp3) is 0.421. The van der Waals surface area contributed by atoms with Crippen LogP contribution in [0.3, 0.4) is 0 Å². The zero-order chi connectivity index (χ0) is 19.2. The molecule has 144 valence electrons. The highest BCUT2D eigenvalue weighted by atomic mass is 16.5. The van der Waals surface area contributed by atoms with Gasteiger partial charge >= 0.3 is 0 Å². The van der Waals surface area contributed by atoms with Crippen LogP contribution in [0.25, 0.3) is 0 Å². The molecule has 0 spiro atoms. The van der Waals surface area contributed by atoms with Crippen molar-refractivity contribution in [1.29, 1.82) is 0 Å². The summed E-state index contributed by atoms with van der Waals surface area (Å²) in [6.07, 6.45) is 0.869. The zero-order valence-corrected chi connectivity index (χ0v) is 15.7. The van der Waals surface area contributed by atoms with Crippen molar-refractivity contribution >= 4 is 23.4 Å². The van der Waals surface area contributed by atoms with Crippen LogP contribution in [0, 0.1) is 6.92 Å². The maximum absolute atomic E-state index is 12.1. The minimum Gasteiger partial charge on any atom is -0.508 e. The molecule has 1 aliphatic rings. The summed E-state index contributed by atoms with van der Waals surface area (Å²) in [5.74, 6) is 1.50. The highest BCUT2D eigenvalue weighted by molar-refractivity contribution is 5.77. The van der Waals surface area contributed by atoms with Crippen LogP contribution in [-0.4, -0.2) is 65.8 Å². The van der Waals surface area contributed by atoms with Gasteiger partial charge in [-0.15, -0.1) is 0 Å². The van der Waals surface area contributed by atoms with E-state index in [0.29, 0.717) is 19.0 Å². The van der Waals surface area contributed by atoms with Crippen LogP contribution in [0.4, 0.5) is 17.5 Å². The number of benzene rings is 1. The molecule has 0 atom stereocenters. The van der Waals surface area contributed by atoms with E-state index < -0.39 is 0 Å². The molecule has 0 aliphatic carbocycles. The van der Waals surface area contributed by atoms with Gasteiger partial charge in [0, 0.05) is 56.8 Å². The van der Waals surface area contributed by atoms with Crippen LogP contribution in [-0.2, 0) is 9.53 Å². The summed E-state index contributed by atoms with van der Waals surface area (Å²) in [4.78, 5) is 25.1. The number of nitrogens with one attached hydrogen (secondary N) is 1. The number of carbonyl (C=O) groups is 1. The Morgan fingerprint density at radius 1 is 1.22 bits per heavy atom. The van der Waals surface area contributed by atoms with E-state index in [9.17, 15) is 9.90 Å². The summed E-state index contributed by atoms with van der Waals surface area (Å²) in [6.45, 7) is 4.92. The van der Waals surface area contributed by atoms with E-state index >= 15 is 0 Å². The molecule has 1 aromatic carbocycles. The second-order valence-corrected chi connectivity index (χ2v) is 6.52. The van der Waals surface area contributed by atoms with Crippen LogP contribution in [0.1, 0.15) is 12.1 Å². The number of hydrogen-bond donors (Lipinski definition) is 2. The molecule has 27 heavy (non-hydrogen) atoms. The summed E-state index contributed by atoms with van der Waals surface area (Å²) in [6, 6.07) is 8.78. The van der Waals surface area contributed by atoms with Gasteiger partial charge in [-0.1, -0.05) is 6.07 Å². The first-order valence-corrected chi connectivity index (χ1v) is 8.98. The molecule has 8 nitrogen and oxygen atoms in total. The molecule has 2 aromatic rings. The average molecular weight is 371 g/mol. The molecule has 1 fully saturated rings. The van der Waals surface area contributed by atoms with Gasteiger partial charge in [-0.2, -0.15) is 4.98 Å². The SMILES string of the molecule is COCC(=O)N1CCCN(c2cc(C)nc(Nc3cccc(O)c3)n2)CC1. The van der Waals surface area contributed by atoms with E-state index in [2.05, 4.69) is 20.2 Å². The Morgan fingerprint density at radius 2 is 2.07 bits per heavy atom. The zero-order valence-electron chi connectivity index (χ0n) is 15.7. The molecule has 1 saturated heterocycles. The molecule has 0 radical (unpaired) electrons. The first-order valence-electron chi connectivity index (χ1n) is 8.98. The fourth-order valence-electron chi connectivity index (χ4n) is 3.09. The number of hydrogen-bond acceptors (Lipinski definition) is 7. The summed E-state index contributed by atoms with van der Waals surface area (Å²) in [5.41, 5.74) is 1.57. The van der Waals surface area contributed by atoms with Gasteiger partial charge in [-0.3, -0.25) is 4.79 Å².